The van der Waals surface area contributed by atoms with Gasteiger partial charge in [-0.25, -0.2) is 0 Å². The lowest BCUT2D eigenvalue weighted by Gasteiger charge is -2.27. The standard InChI is InChI=1S/C11H12BrNO/c12-8-1-2-9-7(5-8)6-10-11(9)14-4-3-13-10/h1-2,5,10-11,13H,3-4,6H2. The van der Waals surface area contributed by atoms with E-state index in [1.54, 1.807) is 0 Å². The summed E-state index contributed by atoms with van der Waals surface area (Å²) in [6.45, 7) is 1.81. The highest BCUT2D eigenvalue weighted by atomic mass is 79.9. The molecule has 1 aliphatic heterocycles. The second-order valence-electron chi connectivity index (χ2n) is 3.90. The lowest BCUT2D eigenvalue weighted by Crippen LogP contribution is -2.41. The summed E-state index contributed by atoms with van der Waals surface area (Å²) in [6.07, 6.45) is 1.38. The quantitative estimate of drug-likeness (QED) is 0.764. The molecule has 0 saturated carbocycles. The van der Waals surface area contributed by atoms with Crippen molar-refractivity contribution in [3.63, 3.8) is 0 Å². The summed E-state index contributed by atoms with van der Waals surface area (Å²) in [7, 11) is 0. The first-order chi connectivity index (χ1) is 6.84. The highest BCUT2D eigenvalue weighted by Crippen LogP contribution is 2.36. The molecule has 1 N–H and O–H groups in total. The van der Waals surface area contributed by atoms with Gasteiger partial charge in [-0.1, -0.05) is 22.0 Å². The van der Waals surface area contributed by atoms with Gasteiger partial charge < -0.3 is 10.1 Å². The minimum atomic E-state index is 0.284. The van der Waals surface area contributed by atoms with E-state index in [1.165, 1.54) is 11.1 Å². The van der Waals surface area contributed by atoms with Gasteiger partial charge in [0.05, 0.1) is 12.7 Å². The molecule has 1 aromatic carbocycles. The van der Waals surface area contributed by atoms with Gasteiger partial charge in [-0.05, 0) is 29.7 Å². The smallest absolute Gasteiger partial charge is 0.0984 e. The predicted molar refractivity (Wildman–Crippen MR) is 58.3 cm³/mol. The molecule has 1 saturated heterocycles. The van der Waals surface area contributed by atoms with Gasteiger partial charge in [-0.3, -0.25) is 0 Å². The topological polar surface area (TPSA) is 21.3 Å². The summed E-state index contributed by atoms with van der Waals surface area (Å²) >= 11 is 3.50. The van der Waals surface area contributed by atoms with Crippen molar-refractivity contribution in [2.75, 3.05) is 13.2 Å². The largest absolute Gasteiger partial charge is 0.371 e. The third-order valence-electron chi connectivity index (χ3n) is 3.02. The molecule has 2 nitrogen and oxygen atoms in total. The van der Waals surface area contributed by atoms with Crippen LogP contribution < -0.4 is 5.32 Å². The zero-order chi connectivity index (χ0) is 9.54. The van der Waals surface area contributed by atoms with Crippen molar-refractivity contribution in [1.29, 1.82) is 0 Å². The molecule has 14 heavy (non-hydrogen) atoms. The van der Waals surface area contributed by atoms with Crippen LogP contribution in [0.3, 0.4) is 0 Å². The van der Waals surface area contributed by atoms with Gasteiger partial charge in [-0.2, -0.15) is 0 Å². The Bertz CT molecular complexity index is 366. The summed E-state index contributed by atoms with van der Waals surface area (Å²) in [5.41, 5.74) is 2.79. The van der Waals surface area contributed by atoms with Crippen LogP contribution in [0.1, 0.15) is 17.2 Å². The zero-order valence-electron chi connectivity index (χ0n) is 7.79. The highest BCUT2D eigenvalue weighted by molar-refractivity contribution is 9.10. The van der Waals surface area contributed by atoms with E-state index >= 15 is 0 Å². The van der Waals surface area contributed by atoms with Gasteiger partial charge in [0.25, 0.3) is 0 Å². The molecule has 0 aromatic heterocycles. The van der Waals surface area contributed by atoms with Crippen molar-refractivity contribution in [3.05, 3.63) is 33.8 Å². The lowest BCUT2D eigenvalue weighted by molar-refractivity contribution is 0.00358. The summed E-state index contributed by atoms with van der Waals surface area (Å²) in [4.78, 5) is 0. The van der Waals surface area contributed by atoms with Crippen molar-refractivity contribution >= 4 is 15.9 Å². The molecule has 1 aromatic rings. The van der Waals surface area contributed by atoms with Crippen LogP contribution >= 0.6 is 15.9 Å². The van der Waals surface area contributed by atoms with E-state index in [-0.39, 0.29) is 6.10 Å². The van der Waals surface area contributed by atoms with Crippen molar-refractivity contribution in [3.8, 4) is 0 Å². The normalized spacial score (nSPS) is 29.8. The minimum absolute atomic E-state index is 0.284. The van der Waals surface area contributed by atoms with Gasteiger partial charge in [0, 0.05) is 17.1 Å². The van der Waals surface area contributed by atoms with Crippen LogP contribution in [0.25, 0.3) is 0 Å². The van der Waals surface area contributed by atoms with E-state index in [9.17, 15) is 0 Å². The Kier molecular flexibility index (Phi) is 2.11. The van der Waals surface area contributed by atoms with E-state index in [2.05, 4.69) is 39.4 Å². The first-order valence-electron chi connectivity index (χ1n) is 4.98. The molecule has 0 bridgehead atoms. The maximum Gasteiger partial charge on any atom is 0.0984 e. The monoisotopic (exact) mass is 253 g/mol. The fourth-order valence-electron chi connectivity index (χ4n) is 2.40. The summed E-state index contributed by atoms with van der Waals surface area (Å²) in [5.74, 6) is 0. The fourth-order valence-corrected chi connectivity index (χ4v) is 2.81. The first-order valence-corrected chi connectivity index (χ1v) is 5.77. The number of nitrogens with one attached hydrogen (secondary N) is 1. The van der Waals surface area contributed by atoms with Crippen LogP contribution in [-0.2, 0) is 11.2 Å². The molecule has 3 rings (SSSR count). The number of morpholine rings is 1. The van der Waals surface area contributed by atoms with Gasteiger partial charge >= 0.3 is 0 Å². The average Bonchev–Trinajstić information content (AvgIpc) is 2.54. The van der Waals surface area contributed by atoms with E-state index < -0.39 is 0 Å². The highest BCUT2D eigenvalue weighted by Gasteiger charge is 2.34. The second kappa shape index (κ2) is 3.33. The van der Waals surface area contributed by atoms with Crippen LogP contribution in [0.5, 0.6) is 0 Å². The Balaban J connectivity index is 2.01. The van der Waals surface area contributed by atoms with Gasteiger partial charge in [0.1, 0.15) is 0 Å². The molecule has 1 aliphatic carbocycles. The number of halogens is 1. The van der Waals surface area contributed by atoms with E-state index in [0.29, 0.717) is 6.04 Å². The molecule has 0 amide bonds. The molecule has 0 spiro atoms. The van der Waals surface area contributed by atoms with E-state index in [0.717, 1.165) is 24.0 Å². The molecular weight excluding hydrogens is 242 g/mol. The van der Waals surface area contributed by atoms with Crippen LogP contribution in [0.15, 0.2) is 22.7 Å². The first kappa shape index (κ1) is 8.89. The Labute approximate surface area is 91.8 Å². The van der Waals surface area contributed by atoms with Crippen molar-refractivity contribution in [1.82, 2.24) is 5.32 Å². The van der Waals surface area contributed by atoms with E-state index in [1.807, 2.05) is 0 Å². The Morgan fingerprint density at radius 2 is 2.36 bits per heavy atom. The SMILES string of the molecule is Brc1ccc2c(c1)CC1NCCOC21. The molecule has 2 atom stereocenters. The number of fused-ring (bicyclic) bond motifs is 3. The third-order valence-corrected chi connectivity index (χ3v) is 3.52. The summed E-state index contributed by atoms with van der Waals surface area (Å²) in [5, 5.41) is 3.51. The zero-order valence-corrected chi connectivity index (χ0v) is 9.38. The maximum atomic E-state index is 5.79. The average molecular weight is 254 g/mol. The van der Waals surface area contributed by atoms with E-state index in [4.69, 9.17) is 4.74 Å². The number of benzene rings is 1. The fraction of sp³-hybridized carbons (Fsp3) is 0.455. The van der Waals surface area contributed by atoms with Crippen LogP contribution in [0.2, 0.25) is 0 Å². The maximum absolute atomic E-state index is 5.79. The molecule has 74 valence electrons. The number of ether oxygens (including phenoxy) is 1. The molecule has 1 heterocycles. The van der Waals surface area contributed by atoms with Crippen LogP contribution in [0, 0.1) is 0 Å². The van der Waals surface area contributed by atoms with Crippen molar-refractivity contribution in [2.45, 2.75) is 18.6 Å². The van der Waals surface area contributed by atoms with Crippen molar-refractivity contribution in [2.24, 2.45) is 0 Å². The summed E-state index contributed by atoms with van der Waals surface area (Å²) in [6, 6.07) is 6.97. The Morgan fingerprint density at radius 3 is 3.29 bits per heavy atom. The Hall–Kier alpha value is -0.380. The molecule has 0 radical (unpaired) electrons. The predicted octanol–water partition coefficient (Wildman–Crippen LogP) is 2.03. The molecule has 1 fully saturated rings. The molecule has 3 heteroatoms. The number of rotatable bonds is 0. The Morgan fingerprint density at radius 1 is 1.43 bits per heavy atom. The lowest BCUT2D eigenvalue weighted by atomic mass is 10.1. The number of hydrogen-bond donors (Lipinski definition) is 1. The molecule has 2 unspecified atom stereocenters. The second-order valence-corrected chi connectivity index (χ2v) is 4.81. The van der Waals surface area contributed by atoms with Crippen LogP contribution in [-0.4, -0.2) is 19.2 Å². The van der Waals surface area contributed by atoms with Crippen LogP contribution in [0.4, 0.5) is 0 Å². The third kappa shape index (κ3) is 1.31. The number of hydrogen-bond acceptors (Lipinski definition) is 2. The molecule has 2 aliphatic rings. The van der Waals surface area contributed by atoms with Gasteiger partial charge in [-0.15, -0.1) is 0 Å². The minimum Gasteiger partial charge on any atom is -0.371 e. The van der Waals surface area contributed by atoms with Gasteiger partial charge in [0.2, 0.25) is 0 Å². The van der Waals surface area contributed by atoms with Gasteiger partial charge in [0.15, 0.2) is 0 Å². The summed E-state index contributed by atoms with van der Waals surface area (Å²) < 4.78 is 6.95. The van der Waals surface area contributed by atoms with Crippen molar-refractivity contribution < 1.29 is 4.74 Å². The molecular formula is C11H12BrNO.